The molecule has 1 atom stereocenters. The molecule has 19 heavy (non-hydrogen) atoms. The number of fused-ring (bicyclic) bond motifs is 1. The number of aliphatic hydroxyl groups is 1. The molecule has 0 radical (unpaired) electrons. The molecule has 0 aliphatic carbocycles. The molecule has 3 rings (SSSR count). The zero-order valence-corrected chi connectivity index (χ0v) is 11.6. The molecular weight excluding hydrogens is 260 g/mol. The molecular formula is C14H16N2O2S. The summed E-state index contributed by atoms with van der Waals surface area (Å²) in [7, 11) is 0. The summed E-state index contributed by atoms with van der Waals surface area (Å²) in [5.74, 6) is 0.937. The van der Waals surface area contributed by atoms with Gasteiger partial charge in [0.15, 0.2) is 0 Å². The number of hydrogen-bond donors (Lipinski definition) is 1. The minimum absolute atomic E-state index is 0.632. The third-order valence-electron chi connectivity index (χ3n) is 3.35. The Balaban J connectivity index is 1.90. The van der Waals surface area contributed by atoms with E-state index in [4.69, 9.17) is 4.74 Å². The first kappa shape index (κ1) is 12.6. The van der Waals surface area contributed by atoms with Crippen molar-refractivity contribution in [2.24, 2.45) is 0 Å². The Morgan fingerprint density at radius 1 is 1.47 bits per heavy atom. The maximum Gasteiger partial charge on any atom is 0.122 e. The standard InChI is InChI=1S/C14H16N2O2S/c1-2-3-11-14(19-16-15-11)13(17)10-4-5-12-9(8-10)6-7-18-12/h4-5,8,13,17H,2-3,6-7H2,1H3. The Morgan fingerprint density at radius 3 is 3.21 bits per heavy atom. The second-order valence-corrected chi connectivity index (χ2v) is 5.49. The number of aromatic nitrogens is 2. The Labute approximate surface area is 116 Å². The van der Waals surface area contributed by atoms with E-state index in [9.17, 15) is 5.11 Å². The van der Waals surface area contributed by atoms with Crippen LogP contribution in [0.1, 0.15) is 41.1 Å². The predicted octanol–water partition coefficient (Wildman–Crippen LogP) is 2.51. The number of hydrogen-bond acceptors (Lipinski definition) is 5. The fourth-order valence-electron chi connectivity index (χ4n) is 2.36. The van der Waals surface area contributed by atoms with Gasteiger partial charge in [0.05, 0.1) is 17.2 Å². The van der Waals surface area contributed by atoms with Gasteiger partial charge >= 0.3 is 0 Å². The van der Waals surface area contributed by atoms with Crippen LogP contribution in [0.5, 0.6) is 5.75 Å². The second kappa shape index (κ2) is 5.27. The van der Waals surface area contributed by atoms with Crippen LogP contribution in [0.3, 0.4) is 0 Å². The van der Waals surface area contributed by atoms with Crippen LogP contribution in [-0.2, 0) is 12.8 Å². The summed E-state index contributed by atoms with van der Waals surface area (Å²) in [6, 6.07) is 5.89. The summed E-state index contributed by atoms with van der Waals surface area (Å²) >= 11 is 1.28. The number of nitrogens with zero attached hydrogens (tertiary/aromatic N) is 2. The average molecular weight is 276 g/mol. The molecule has 2 heterocycles. The van der Waals surface area contributed by atoms with Crippen LogP contribution in [0, 0.1) is 0 Å². The number of aryl methyl sites for hydroxylation is 1. The van der Waals surface area contributed by atoms with Crippen LogP contribution in [-0.4, -0.2) is 21.3 Å². The van der Waals surface area contributed by atoms with Crippen LogP contribution in [0.4, 0.5) is 0 Å². The molecule has 0 amide bonds. The lowest BCUT2D eigenvalue weighted by Gasteiger charge is -2.11. The molecule has 1 aliphatic heterocycles. The van der Waals surface area contributed by atoms with E-state index in [0.29, 0.717) is 0 Å². The average Bonchev–Trinajstić information content (AvgIpc) is 3.05. The van der Waals surface area contributed by atoms with Gasteiger partial charge in [0, 0.05) is 6.42 Å². The summed E-state index contributed by atoms with van der Waals surface area (Å²) in [4.78, 5) is 0.862. The zero-order valence-electron chi connectivity index (χ0n) is 10.8. The van der Waals surface area contributed by atoms with E-state index >= 15 is 0 Å². The third kappa shape index (κ3) is 2.35. The fourth-order valence-corrected chi connectivity index (χ4v) is 3.07. The number of rotatable bonds is 4. The van der Waals surface area contributed by atoms with Gasteiger partial charge in [-0.3, -0.25) is 0 Å². The molecule has 0 saturated heterocycles. The minimum Gasteiger partial charge on any atom is -0.493 e. The molecule has 2 aromatic rings. The fraction of sp³-hybridized carbons (Fsp3) is 0.429. The molecule has 100 valence electrons. The van der Waals surface area contributed by atoms with Gasteiger partial charge in [-0.2, -0.15) is 0 Å². The molecule has 1 aromatic heterocycles. The van der Waals surface area contributed by atoms with Crippen LogP contribution < -0.4 is 4.74 Å². The minimum atomic E-state index is -0.632. The van der Waals surface area contributed by atoms with Crippen LogP contribution >= 0.6 is 11.5 Å². The van der Waals surface area contributed by atoms with E-state index in [1.54, 1.807) is 0 Å². The van der Waals surface area contributed by atoms with E-state index in [-0.39, 0.29) is 0 Å². The Morgan fingerprint density at radius 2 is 2.37 bits per heavy atom. The molecule has 0 bridgehead atoms. The molecule has 0 fully saturated rings. The van der Waals surface area contributed by atoms with Crippen molar-refractivity contribution in [1.82, 2.24) is 9.59 Å². The summed E-state index contributed by atoms with van der Waals surface area (Å²) in [6.45, 7) is 2.83. The Kier molecular flexibility index (Phi) is 3.48. The van der Waals surface area contributed by atoms with E-state index in [2.05, 4.69) is 16.5 Å². The smallest absolute Gasteiger partial charge is 0.122 e. The van der Waals surface area contributed by atoms with Gasteiger partial charge < -0.3 is 9.84 Å². The first-order chi connectivity index (χ1) is 9.29. The topological polar surface area (TPSA) is 55.2 Å². The molecule has 5 heteroatoms. The molecule has 1 aromatic carbocycles. The van der Waals surface area contributed by atoms with Crippen molar-refractivity contribution in [3.05, 3.63) is 39.9 Å². The van der Waals surface area contributed by atoms with E-state index in [0.717, 1.165) is 47.8 Å². The van der Waals surface area contributed by atoms with E-state index < -0.39 is 6.10 Å². The predicted molar refractivity (Wildman–Crippen MR) is 73.6 cm³/mol. The van der Waals surface area contributed by atoms with Gasteiger partial charge in [-0.15, -0.1) is 5.10 Å². The van der Waals surface area contributed by atoms with Crippen LogP contribution in [0.2, 0.25) is 0 Å². The molecule has 4 nitrogen and oxygen atoms in total. The van der Waals surface area contributed by atoms with Crippen molar-refractivity contribution in [3.8, 4) is 5.75 Å². The van der Waals surface area contributed by atoms with Crippen LogP contribution in [0.15, 0.2) is 18.2 Å². The van der Waals surface area contributed by atoms with Crippen molar-refractivity contribution in [2.45, 2.75) is 32.3 Å². The lowest BCUT2D eigenvalue weighted by atomic mass is 10.0. The maximum atomic E-state index is 10.5. The second-order valence-electron chi connectivity index (χ2n) is 4.70. The first-order valence-electron chi connectivity index (χ1n) is 6.54. The van der Waals surface area contributed by atoms with Gasteiger partial charge in [0.1, 0.15) is 11.9 Å². The van der Waals surface area contributed by atoms with Gasteiger partial charge in [-0.25, -0.2) is 0 Å². The highest BCUT2D eigenvalue weighted by molar-refractivity contribution is 7.05. The highest BCUT2D eigenvalue weighted by Crippen LogP contribution is 2.32. The summed E-state index contributed by atoms with van der Waals surface area (Å²) < 4.78 is 9.45. The zero-order chi connectivity index (χ0) is 13.2. The number of benzene rings is 1. The lowest BCUT2D eigenvalue weighted by Crippen LogP contribution is -2.02. The maximum absolute atomic E-state index is 10.5. The summed E-state index contributed by atoms with van der Waals surface area (Å²) in [5.41, 5.74) is 2.98. The van der Waals surface area contributed by atoms with Gasteiger partial charge in [-0.05, 0) is 41.2 Å². The highest BCUT2D eigenvalue weighted by atomic mass is 32.1. The van der Waals surface area contributed by atoms with Gasteiger partial charge in [0.25, 0.3) is 0 Å². The SMILES string of the molecule is CCCc1nnsc1C(O)c1ccc2c(c1)CCO2. The Hall–Kier alpha value is -1.46. The van der Waals surface area contributed by atoms with Crippen molar-refractivity contribution in [1.29, 1.82) is 0 Å². The van der Waals surface area contributed by atoms with Crippen LogP contribution in [0.25, 0.3) is 0 Å². The molecule has 0 saturated carbocycles. The lowest BCUT2D eigenvalue weighted by molar-refractivity contribution is 0.222. The van der Waals surface area contributed by atoms with Gasteiger partial charge in [-0.1, -0.05) is 23.9 Å². The van der Waals surface area contributed by atoms with E-state index in [1.165, 1.54) is 17.1 Å². The molecule has 1 unspecified atom stereocenters. The van der Waals surface area contributed by atoms with Crippen molar-refractivity contribution in [2.75, 3.05) is 6.61 Å². The largest absolute Gasteiger partial charge is 0.493 e. The molecule has 1 aliphatic rings. The van der Waals surface area contributed by atoms with E-state index in [1.807, 2.05) is 18.2 Å². The monoisotopic (exact) mass is 276 g/mol. The van der Waals surface area contributed by atoms with Crippen molar-refractivity contribution in [3.63, 3.8) is 0 Å². The Bertz CT molecular complexity index is 583. The normalized spacial score (nSPS) is 15.1. The van der Waals surface area contributed by atoms with Crippen molar-refractivity contribution >= 4 is 11.5 Å². The van der Waals surface area contributed by atoms with Crippen molar-refractivity contribution < 1.29 is 9.84 Å². The molecule has 1 N–H and O–H groups in total. The first-order valence-corrected chi connectivity index (χ1v) is 7.31. The molecule has 0 spiro atoms. The summed E-state index contributed by atoms with van der Waals surface area (Å²) in [6.07, 6.45) is 2.14. The number of ether oxygens (including phenoxy) is 1. The highest BCUT2D eigenvalue weighted by Gasteiger charge is 2.21. The number of aliphatic hydroxyl groups excluding tert-OH is 1. The van der Waals surface area contributed by atoms with Gasteiger partial charge in [0.2, 0.25) is 0 Å². The quantitative estimate of drug-likeness (QED) is 0.932. The summed E-state index contributed by atoms with van der Waals surface area (Å²) in [5, 5.41) is 14.6. The third-order valence-corrected chi connectivity index (χ3v) is 4.17.